The Morgan fingerprint density at radius 1 is 0.828 bits per heavy atom. The van der Waals surface area contributed by atoms with E-state index in [0.717, 1.165) is 38.0 Å². The van der Waals surface area contributed by atoms with Gasteiger partial charge in [0.15, 0.2) is 5.78 Å². The van der Waals surface area contributed by atoms with Crippen LogP contribution in [0.15, 0.2) is 54.6 Å². The van der Waals surface area contributed by atoms with Crippen LogP contribution in [0.1, 0.15) is 86.9 Å². The molecule has 2 aromatic carbocycles. The Morgan fingerprint density at radius 2 is 1.38 bits per heavy atom. The highest BCUT2D eigenvalue weighted by molar-refractivity contribution is 6.01. The second-order valence-corrected chi connectivity index (χ2v) is 7.26. The van der Waals surface area contributed by atoms with Crippen molar-refractivity contribution in [3.8, 4) is 0 Å². The number of ether oxygens (including phenoxy) is 1. The Morgan fingerprint density at radius 3 is 1.97 bits per heavy atom. The van der Waals surface area contributed by atoms with Gasteiger partial charge in [0, 0.05) is 18.8 Å². The summed E-state index contributed by atoms with van der Waals surface area (Å²) in [6.45, 7) is 8.41. The van der Waals surface area contributed by atoms with Crippen LogP contribution in [-0.4, -0.2) is 24.1 Å². The molecule has 29 heavy (non-hydrogen) atoms. The van der Waals surface area contributed by atoms with Crippen molar-refractivity contribution >= 4 is 5.78 Å². The lowest BCUT2D eigenvalue weighted by Crippen LogP contribution is -2.14. The van der Waals surface area contributed by atoms with Gasteiger partial charge >= 0.3 is 0 Å². The second-order valence-electron chi connectivity index (χ2n) is 7.26. The molecule has 0 spiro atoms. The first-order chi connectivity index (χ1) is 14.2. The highest BCUT2D eigenvalue weighted by Crippen LogP contribution is 2.21. The maximum Gasteiger partial charge on any atom is 0.196 e. The number of hydrogen-bond acceptors (Lipinski definition) is 3. The van der Waals surface area contributed by atoms with E-state index in [1.54, 1.807) is 18.2 Å². The molecule has 2 rings (SSSR count). The van der Waals surface area contributed by atoms with Crippen LogP contribution in [0.3, 0.4) is 0 Å². The van der Waals surface area contributed by atoms with E-state index in [2.05, 4.69) is 20.8 Å². The number of carbonyl (C=O) groups excluding carboxylic acids is 1. The molecular formula is C26H38O3. The van der Waals surface area contributed by atoms with Crippen molar-refractivity contribution in [2.45, 2.75) is 71.8 Å². The Kier molecular flexibility index (Phi) is 13.7. The summed E-state index contributed by atoms with van der Waals surface area (Å²) in [7, 11) is 0. The van der Waals surface area contributed by atoms with Crippen molar-refractivity contribution in [3.05, 3.63) is 71.3 Å². The van der Waals surface area contributed by atoms with Gasteiger partial charge in [0.1, 0.15) is 6.10 Å². The Bertz CT molecular complexity index is 661. The standard InChI is InChI=1S/C18H20O2.C8H18O/c1-2-3-9-14-10-7-8-13-16(14)18(20)17(19)15-11-5-4-6-12-15;1-3-5-7-9-8-6-4-2/h4-8,10-13,17,19H,2-3,9H2,1H3;3-8H2,1-2H3. The average molecular weight is 399 g/mol. The van der Waals surface area contributed by atoms with Crippen LogP contribution in [0, 0.1) is 0 Å². The first kappa shape index (κ1) is 25.1. The van der Waals surface area contributed by atoms with Gasteiger partial charge < -0.3 is 9.84 Å². The summed E-state index contributed by atoms with van der Waals surface area (Å²) in [6, 6.07) is 16.6. The molecule has 0 aliphatic rings. The quantitative estimate of drug-likeness (QED) is 0.326. The van der Waals surface area contributed by atoms with E-state index in [1.807, 2.05) is 36.4 Å². The minimum atomic E-state index is -1.08. The zero-order chi connectivity index (χ0) is 21.3. The predicted octanol–water partition coefficient (Wildman–Crippen LogP) is 6.55. The lowest BCUT2D eigenvalue weighted by Gasteiger charge is -2.13. The van der Waals surface area contributed by atoms with E-state index in [4.69, 9.17) is 4.74 Å². The van der Waals surface area contributed by atoms with Crippen LogP contribution >= 0.6 is 0 Å². The minimum absolute atomic E-state index is 0.220. The van der Waals surface area contributed by atoms with Crippen LogP contribution in [0.25, 0.3) is 0 Å². The van der Waals surface area contributed by atoms with Gasteiger partial charge in [-0.1, -0.05) is 94.6 Å². The molecule has 0 saturated carbocycles. The van der Waals surface area contributed by atoms with E-state index in [-0.39, 0.29) is 5.78 Å². The van der Waals surface area contributed by atoms with Crippen LogP contribution in [-0.2, 0) is 11.2 Å². The third-order valence-electron chi connectivity index (χ3n) is 4.73. The van der Waals surface area contributed by atoms with E-state index in [0.29, 0.717) is 11.1 Å². The highest BCUT2D eigenvalue weighted by atomic mass is 16.5. The Labute approximate surface area is 177 Å². The first-order valence-electron chi connectivity index (χ1n) is 11.1. The second kappa shape index (κ2) is 15.9. The molecule has 0 radical (unpaired) electrons. The molecule has 2 aromatic rings. The lowest BCUT2D eigenvalue weighted by atomic mass is 9.94. The summed E-state index contributed by atoms with van der Waals surface area (Å²) in [5.41, 5.74) is 2.30. The van der Waals surface area contributed by atoms with Gasteiger partial charge in [0.2, 0.25) is 0 Å². The number of ketones is 1. The number of rotatable bonds is 12. The SMILES string of the molecule is CCCCOCCCC.CCCCc1ccccc1C(=O)C(O)c1ccccc1. The average Bonchev–Trinajstić information content (AvgIpc) is 2.78. The predicted molar refractivity (Wildman–Crippen MR) is 121 cm³/mol. The normalized spacial score (nSPS) is 11.4. The highest BCUT2D eigenvalue weighted by Gasteiger charge is 2.20. The Balaban J connectivity index is 0.000000396. The summed E-state index contributed by atoms with van der Waals surface area (Å²) < 4.78 is 5.31. The number of aliphatic hydroxyl groups is 1. The van der Waals surface area contributed by atoms with Crippen LogP contribution in [0.5, 0.6) is 0 Å². The number of aliphatic hydroxyl groups excluding tert-OH is 1. The van der Waals surface area contributed by atoms with Crippen molar-refractivity contribution < 1.29 is 14.6 Å². The molecule has 1 atom stereocenters. The van der Waals surface area contributed by atoms with Gasteiger partial charge in [-0.2, -0.15) is 0 Å². The molecule has 0 aromatic heterocycles. The fourth-order valence-electron chi connectivity index (χ4n) is 2.87. The van der Waals surface area contributed by atoms with E-state index >= 15 is 0 Å². The molecule has 3 heteroatoms. The molecule has 1 N–H and O–H groups in total. The molecule has 0 amide bonds. The van der Waals surface area contributed by atoms with Crippen molar-refractivity contribution in [1.29, 1.82) is 0 Å². The number of aryl methyl sites for hydroxylation is 1. The molecule has 0 bridgehead atoms. The van der Waals surface area contributed by atoms with Crippen molar-refractivity contribution in [3.63, 3.8) is 0 Å². The molecule has 0 aliphatic carbocycles. The third kappa shape index (κ3) is 9.87. The minimum Gasteiger partial charge on any atom is -0.381 e. The monoisotopic (exact) mass is 398 g/mol. The van der Waals surface area contributed by atoms with Gasteiger partial charge in [0.25, 0.3) is 0 Å². The fraction of sp³-hybridized carbons (Fsp3) is 0.500. The van der Waals surface area contributed by atoms with Crippen LogP contribution < -0.4 is 0 Å². The zero-order valence-corrected chi connectivity index (χ0v) is 18.4. The molecule has 3 nitrogen and oxygen atoms in total. The smallest absolute Gasteiger partial charge is 0.196 e. The Hall–Kier alpha value is -1.97. The molecular weight excluding hydrogens is 360 g/mol. The number of carbonyl (C=O) groups is 1. The largest absolute Gasteiger partial charge is 0.381 e. The van der Waals surface area contributed by atoms with E-state index < -0.39 is 6.10 Å². The maximum absolute atomic E-state index is 12.5. The number of Topliss-reactive ketones (excluding diaryl/α,β-unsaturated/α-hetero) is 1. The number of hydrogen-bond donors (Lipinski definition) is 1. The summed E-state index contributed by atoms with van der Waals surface area (Å²) in [4.78, 5) is 12.5. The first-order valence-corrected chi connectivity index (χ1v) is 11.1. The molecule has 0 saturated heterocycles. The van der Waals surface area contributed by atoms with Gasteiger partial charge in [-0.15, -0.1) is 0 Å². The summed E-state index contributed by atoms with van der Waals surface area (Å²) in [5.74, 6) is -0.220. The topological polar surface area (TPSA) is 46.5 Å². The zero-order valence-electron chi connectivity index (χ0n) is 18.4. The summed E-state index contributed by atoms with van der Waals surface area (Å²) in [5, 5.41) is 10.2. The van der Waals surface area contributed by atoms with Gasteiger partial charge in [-0.05, 0) is 36.8 Å². The third-order valence-corrected chi connectivity index (χ3v) is 4.73. The van der Waals surface area contributed by atoms with E-state index in [1.165, 1.54) is 25.7 Å². The molecule has 1 unspecified atom stereocenters. The lowest BCUT2D eigenvalue weighted by molar-refractivity contribution is 0.0746. The van der Waals surface area contributed by atoms with Crippen molar-refractivity contribution in [2.75, 3.05) is 13.2 Å². The van der Waals surface area contributed by atoms with Crippen molar-refractivity contribution in [1.82, 2.24) is 0 Å². The number of benzene rings is 2. The van der Waals surface area contributed by atoms with E-state index in [9.17, 15) is 9.90 Å². The van der Waals surface area contributed by atoms with Crippen LogP contribution in [0.2, 0.25) is 0 Å². The molecule has 0 fully saturated rings. The summed E-state index contributed by atoms with van der Waals surface area (Å²) in [6.07, 6.45) is 6.83. The van der Waals surface area contributed by atoms with Crippen LogP contribution in [0.4, 0.5) is 0 Å². The summed E-state index contributed by atoms with van der Waals surface area (Å²) >= 11 is 0. The molecule has 160 valence electrons. The molecule has 0 aliphatic heterocycles. The molecule has 0 heterocycles. The van der Waals surface area contributed by atoms with Crippen molar-refractivity contribution in [2.24, 2.45) is 0 Å². The number of unbranched alkanes of at least 4 members (excludes halogenated alkanes) is 3. The van der Waals surface area contributed by atoms with Gasteiger partial charge in [-0.3, -0.25) is 4.79 Å². The van der Waals surface area contributed by atoms with Gasteiger partial charge in [0.05, 0.1) is 0 Å². The maximum atomic E-state index is 12.5. The fourth-order valence-corrected chi connectivity index (χ4v) is 2.87. The van der Waals surface area contributed by atoms with Gasteiger partial charge in [-0.25, -0.2) is 0 Å².